The van der Waals surface area contributed by atoms with Gasteiger partial charge >= 0.3 is 0 Å². The number of nitrogens with zero attached hydrogens (tertiary/aromatic N) is 1. The molecule has 8 heteroatoms. The fourth-order valence-corrected chi connectivity index (χ4v) is 3.72. The molecule has 4 amide bonds. The van der Waals surface area contributed by atoms with E-state index in [0.29, 0.717) is 24.1 Å². The zero-order valence-corrected chi connectivity index (χ0v) is 13.4. The van der Waals surface area contributed by atoms with E-state index in [9.17, 15) is 23.6 Å². The highest BCUT2D eigenvalue weighted by Gasteiger charge is 2.46. The van der Waals surface area contributed by atoms with Crippen LogP contribution in [0.25, 0.3) is 0 Å². The first-order chi connectivity index (χ1) is 12.0. The van der Waals surface area contributed by atoms with E-state index in [0.717, 1.165) is 17.9 Å². The molecule has 1 aromatic rings. The Labute approximate surface area is 142 Å². The number of halogens is 1. The SMILES string of the molecule is O=C1CCC(N2C(=O)c3cc4c(c(F)c3C2=O)CCCNC4)C(=O)N1. The number of hydrogen-bond donors (Lipinski definition) is 2. The maximum absolute atomic E-state index is 15.0. The van der Waals surface area contributed by atoms with Crippen LogP contribution in [0.2, 0.25) is 0 Å². The predicted octanol–water partition coefficient (Wildman–Crippen LogP) is 0.263. The molecule has 25 heavy (non-hydrogen) atoms. The Bertz CT molecular complexity index is 836. The number of fused-ring (bicyclic) bond motifs is 2. The number of rotatable bonds is 1. The van der Waals surface area contributed by atoms with Gasteiger partial charge in [-0.05, 0) is 43.0 Å². The number of carbonyl (C=O) groups is 4. The second-order valence-electron chi connectivity index (χ2n) is 6.48. The van der Waals surface area contributed by atoms with Gasteiger partial charge in [0.05, 0.1) is 11.1 Å². The minimum Gasteiger partial charge on any atom is -0.313 e. The number of imide groups is 2. The van der Waals surface area contributed by atoms with Crippen LogP contribution in [0.15, 0.2) is 6.07 Å². The van der Waals surface area contributed by atoms with Gasteiger partial charge in [-0.1, -0.05) is 0 Å². The van der Waals surface area contributed by atoms with Gasteiger partial charge in [0.25, 0.3) is 11.8 Å². The first-order valence-corrected chi connectivity index (χ1v) is 8.25. The van der Waals surface area contributed by atoms with Crippen molar-refractivity contribution in [2.45, 2.75) is 38.3 Å². The van der Waals surface area contributed by atoms with Crippen LogP contribution < -0.4 is 10.6 Å². The maximum atomic E-state index is 15.0. The van der Waals surface area contributed by atoms with Gasteiger partial charge in [-0.2, -0.15) is 0 Å². The molecule has 0 bridgehead atoms. The summed E-state index contributed by atoms with van der Waals surface area (Å²) in [7, 11) is 0. The van der Waals surface area contributed by atoms with Crippen molar-refractivity contribution in [1.29, 1.82) is 0 Å². The summed E-state index contributed by atoms with van der Waals surface area (Å²) >= 11 is 0. The largest absolute Gasteiger partial charge is 0.313 e. The third-order valence-corrected chi connectivity index (χ3v) is 4.96. The number of amides is 4. The van der Waals surface area contributed by atoms with E-state index in [1.54, 1.807) is 6.07 Å². The van der Waals surface area contributed by atoms with Gasteiger partial charge in [0.2, 0.25) is 11.8 Å². The molecule has 0 aliphatic carbocycles. The van der Waals surface area contributed by atoms with E-state index in [4.69, 9.17) is 0 Å². The molecule has 130 valence electrons. The number of piperidine rings is 1. The van der Waals surface area contributed by atoms with Crippen molar-refractivity contribution < 1.29 is 23.6 Å². The predicted molar refractivity (Wildman–Crippen MR) is 83.1 cm³/mol. The Morgan fingerprint density at radius 2 is 1.92 bits per heavy atom. The average Bonchev–Trinajstić information content (AvgIpc) is 2.74. The maximum Gasteiger partial charge on any atom is 0.265 e. The van der Waals surface area contributed by atoms with Crippen molar-refractivity contribution in [3.05, 3.63) is 34.1 Å². The first kappa shape index (κ1) is 15.9. The second-order valence-corrected chi connectivity index (χ2v) is 6.48. The van der Waals surface area contributed by atoms with Crippen molar-refractivity contribution in [2.24, 2.45) is 0 Å². The zero-order valence-electron chi connectivity index (χ0n) is 13.4. The van der Waals surface area contributed by atoms with Crippen LogP contribution in [0.3, 0.4) is 0 Å². The monoisotopic (exact) mass is 345 g/mol. The highest BCUT2D eigenvalue weighted by molar-refractivity contribution is 6.23. The summed E-state index contributed by atoms with van der Waals surface area (Å²) in [5.41, 5.74) is 0.861. The van der Waals surface area contributed by atoms with Gasteiger partial charge in [0.1, 0.15) is 11.9 Å². The summed E-state index contributed by atoms with van der Waals surface area (Å²) in [6.45, 7) is 1.17. The van der Waals surface area contributed by atoms with E-state index in [2.05, 4.69) is 10.6 Å². The van der Waals surface area contributed by atoms with Crippen molar-refractivity contribution in [1.82, 2.24) is 15.5 Å². The topological polar surface area (TPSA) is 95.6 Å². The Morgan fingerprint density at radius 1 is 1.12 bits per heavy atom. The van der Waals surface area contributed by atoms with Crippen LogP contribution in [-0.4, -0.2) is 41.1 Å². The van der Waals surface area contributed by atoms with Crippen molar-refractivity contribution >= 4 is 23.6 Å². The van der Waals surface area contributed by atoms with E-state index in [-0.39, 0.29) is 24.0 Å². The van der Waals surface area contributed by atoms with Crippen molar-refractivity contribution in [2.75, 3.05) is 6.54 Å². The van der Waals surface area contributed by atoms with Gasteiger partial charge in [-0.15, -0.1) is 0 Å². The zero-order chi connectivity index (χ0) is 17.7. The lowest BCUT2D eigenvalue weighted by molar-refractivity contribution is -0.136. The summed E-state index contributed by atoms with van der Waals surface area (Å²) in [4.78, 5) is 49.5. The minimum absolute atomic E-state index is 0.00495. The summed E-state index contributed by atoms with van der Waals surface area (Å²) in [5, 5.41) is 5.28. The first-order valence-electron chi connectivity index (χ1n) is 8.25. The summed E-state index contributed by atoms with van der Waals surface area (Å²) < 4.78 is 15.0. The van der Waals surface area contributed by atoms with E-state index >= 15 is 0 Å². The Balaban J connectivity index is 1.76. The molecule has 1 atom stereocenters. The standard InChI is InChI=1S/C17H16FN3O4/c18-14-9-2-1-5-19-7-8(9)6-10-13(14)17(25)21(16(10)24)11-3-4-12(22)20-15(11)23/h6,11,19H,1-5,7H2,(H,20,22,23). The molecule has 1 aromatic carbocycles. The Hall–Kier alpha value is -2.61. The fraction of sp³-hybridized carbons (Fsp3) is 0.412. The van der Waals surface area contributed by atoms with Crippen LogP contribution in [0.4, 0.5) is 4.39 Å². The Kier molecular flexibility index (Phi) is 3.64. The molecular formula is C17H16FN3O4. The van der Waals surface area contributed by atoms with E-state index in [1.807, 2.05) is 0 Å². The smallest absolute Gasteiger partial charge is 0.265 e. The highest BCUT2D eigenvalue weighted by Crippen LogP contribution is 2.33. The lowest BCUT2D eigenvalue weighted by Crippen LogP contribution is -2.54. The second kappa shape index (κ2) is 5.73. The average molecular weight is 345 g/mol. The van der Waals surface area contributed by atoms with Crippen LogP contribution in [0.1, 0.15) is 51.1 Å². The van der Waals surface area contributed by atoms with Crippen molar-refractivity contribution in [3.8, 4) is 0 Å². The molecule has 0 aromatic heterocycles. The van der Waals surface area contributed by atoms with Crippen molar-refractivity contribution in [3.63, 3.8) is 0 Å². The molecule has 1 unspecified atom stereocenters. The molecule has 2 N–H and O–H groups in total. The summed E-state index contributed by atoms with van der Waals surface area (Å²) in [6, 6.07) is 0.473. The molecule has 3 aliphatic heterocycles. The molecule has 0 spiro atoms. The molecule has 4 rings (SSSR count). The number of nitrogens with one attached hydrogen (secondary N) is 2. The molecular weight excluding hydrogens is 329 g/mol. The molecule has 3 heterocycles. The van der Waals surface area contributed by atoms with Gasteiger partial charge in [-0.3, -0.25) is 29.4 Å². The van der Waals surface area contributed by atoms with Crippen LogP contribution >= 0.6 is 0 Å². The molecule has 1 saturated heterocycles. The van der Waals surface area contributed by atoms with Gasteiger partial charge in [0, 0.05) is 13.0 Å². The fourth-order valence-electron chi connectivity index (χ4n) is 3.72. The van der Waals surface area contributed by atoms with Crippen LogP contribution in [0, 0.1) is 5.82 Å². The lowest BCUT2D eigenvalue weighted by atomic mass is 9.96. The van der Waals surface area contributed by atoms with Gasteiger partial charge in [0.15, 0.2) is 0 Å². The van der Waals surface area contributed by atoms with Crippen LogP contribution in [0.5, 0.6) is 0 Å². The van der Waals surface area contributed by atoms with E-state index in [1.165, 1.54) is 0 Å². The lowest BCUT2D eigenvalue weighted by Gasteiger charge is -2.27. The molecule has 7 nitrogen and oxygen atoms in total. The third kappa shape index (κ3) is 2.36. The van der Waals surface area contributed by atoms with Gasteiger partial charge < -0.3 is 5.32 Å². The third-order valence-electron chi connectivity index (χ3n) is 4.96. The molecule has 3 aliphatic rings. The minimum atomic E-state index is -1.08. The van der Waals surface area contributed by atoms with Crippen LogP contribution in [-0.2, 0) is 22.6 Å². The van der Waals surface area contributed by atoms with E-state index < -0.39 is 35.5 Å². The molecule has 0 radical (unpaired) electrons. The van der Waals surface area contributed by atoms with Gasteiger partial charge in [-0.25, -0.2) is 4.39 Å². The number of hydrogen-bond acceptors (Lipinski definition) is 5. The summed E-state index contributed by atoms with van der Waals surface area (Å²) in [6.07, 6.45) is 1.31. The highest BCUT2D eigenvalue weighted by atomic mass is 19.1. The number of carbonyl (C=O) groups excluding carboxylic acids is 4. The molecule has 0 saturated carbocycles. The quantitative estimate of drug-likeness (QED) is 0.712. The summed E-state index contributed by atoms with van der Waals surface area (Å²) in [5.74, 6) is -3.28. The normalized spacial score (nSPS) is 23.2. The number of benzene rings is 1. The Morgan fingerprint density at radius 3 is 2.68 bits per heavy atom. The molecule has 1 fully saturated rings.